The third-order valence-corrected chi connectivity index (χ3v) is 5.81. The molecule has 3 rings (SSSR count). The molecule has 0 unspecified atom stereocenters. The Hall–Kier alpha value is -1.80. The molecule has 148 valence electrons. The number of halogens is 2. The van der Waals surface area contributed by atoms with Crippen LogP contribution in [0.4, 0.5) is 0 Å². The van der Waals surface area contributed by atoms with Crippen molar-refractivity contribution in [1.82, 2.24) is 25.5 Å². The van der Waals surface area contributed by atoms with E-state index in [0.29, 0.717) is 16.7 Å². The van der Waals surface area contributed by atoms with Crippen LogP contribution in [0.5, 0.6) is 5.75 Å². The summed E-state index contributed by atoms with van der Waals surface area (Å²) >= 11 is 14.0. The summed E-state index contributed by atoms with van der Waals surface area (Å²) < 4.78 is 7.48. The molecule has 2 aromatic carbocycles. The van der Waals surface area contributed by atoms with Crippen LogP contribution in [0.1, 0.15) is 17.5 Å². The van der Waals surface area contributed by atoms with Gasteiger partial charge in [0.2, 0.25) is 5.16 Å². The van der Waals surface area contributed by atoms with Gasteiger partial charge in [0.05, 0.1) is 0 Å². The Balaban J connectivity index is 1.35. The fraction of sp³-hybridized carbons (Fsp3) is 0.316. The van der Waals surface area contributed by atoms with Crippen LogP contribution < -0.4 is 10.1 Å². The summed E-state index contributed by atoms with van der Waals surface area (Å²) in [5.74, 6) is 1.76. The Labute approximate surface area is 178 Å². The molecular weight excluding hydrogens is 417 g/mol. The quantitative estimate of drug-likeness (QED) is 0.375. The summed E-state index contributed by atoms with van der Waals surface area (Å²) in [7, 11) is 1.84. The number of benzene rings is 2. The van der Waals surface area contributed by atoms with Gasteiger partial charge in [-0.3, -0.25) is 0 Å². The molecule has 1 heterocycles. The molecule has 0 radical (unpaired) electrons. The molecule has 0 saturated heterocycles. The van der Waals surface area contributed by atoms with E-state index in [4.69, 9.17) is 27.9 Å². The average Bonchev–Trinajstić information content (AvgIpc) is 3.10. The summed E-state index contributed by atoms with van der Waals surface area (Å²) in [5, 5.41) is 16.9. The van der Waals surface area contributed by atoms with Gasteiger partial charge in [-0.25, -0.2) is 4.68 Å². The van der Waals surface area contributed by atoms with Gasteiger partial charge < -0.3 is 10.1 Å². The van der Waals surface area contributed by atoms with Crippen LogP contribution in [0, 0.1) is 0 Å². The molecule has 0 amide bonds. The van der Waals surface area contributed by atoms with Crippen molar-refractivity contribution >= 4 is 35.0 Å². The Morgan fingerprint density at radius 1 is 1.11 bits per heavy atom. The number of ether oxygens (including phenoxy) is 1. The second-order valence-corrected chi connectivity index (χ2v) is 7.97. The van der Waals surface area contributed by atoms with Crippen molar-refractivity contribution in [2.45, 2.75) is 24.7 Å². The van der Waals surface area contributed by atoms with E-state index in [1.165, 1.54) is 5.56 Å². The number of hydrogen-bond donors (Lipinski definition) is 1. The first-order valence-electron chi connectivity index (χ1n) is 8.84. The van der Waals surface area contributed by atoms with E-state index in [2.05, 4.69) is 33.0 Å². The minimum Gasteiger partial charge on any atom is -0.489 e. The number of rotatable bonds is 10. The Morgan fingerprint density at radius 3 is 2.54 bits per heavy atom. The molecule has 1 N–H and O–H groups in total. The van der Waals surface area contributed by atoms with Crippen molar-refractivity contribution < 1.29 is 4.74 Å². The summed E-state index contributed by atoms with van der Waals surface area (Å²) in [6.45, 7) is 2.09. The first-order chi connectivity index (χ1) is 13.6. The summed E-state index contributed by atoms with van der Waals surface area (Å²) in [4.78, 5) is 0. The van der Waals surface area contributed by atoms with Gasteiger partial charge in [0.1, 0.15) is 12.4 Å². The van der Waals surface area contributed by atoms with Gasteiger partial charge >= 0.3 is 0 Å². The van der Waals surface area contributed by atoms with Gasteiger partial charge in [-0.05, 0) is 53.2 Å². The van der Waals surface area contributed by atoms with Crippen LogP contribution in [0.25, 0.3) is 0 Å². The minimum absolute atomic E-state index is 0.342. The van der Waals surface area contributed by atoms with Crippen molar-refractivity contribution in [2.75, 3.05) is 12.3 Å². The highest BCUT2D eigenvalue weighted by atomic mass is 35.5. The van der Waals surface area contributed by atoms with Crippen molar-refractivity contribution in [1.29, 1.82) is 0 Å². The van der Waals surface area contributed by atoms with E-state index in [9.17, 15) is 0 Å². The molecule has 9 heteroatoms. The van der Waals surface area contributed by atoms with E-state index in [1.54, 1.807) is 16.4 Å². The van der Waals surface area contributed by atoms with Crippen LogP contribution in [0.2, 0.25) is 10.0 Å². The Kier molecular flexibility index (Phi) is 7.97. The van der Waals surface area contributed by atoms with E-state index in [0.717, 1.165) is 41.7 Å². The minimum atomic E-state index is 0.342. The van der Waals surface area contributed by atoms with Gasteiger partial charge in [0.15, 0.2) is 0 Å². The Bertz CT molecular complexity index is 868. The lowest BCUT2D eigenvalue weighted by Crippen LogP contribution is -2.15. The molecule has 0 bridgehead atoms. The molecule has 0 aliphatic carbocycles. The van der Waals surface area contributed by atoms with E-state index >= 15 is 0 Å². The summed E-state index contributed by atoms with van der Waals surface area (Å²) in [6, 6.07) is 13.5. The van der Waals surface area contributed by atoms with Gasteiger partial charge in [-0.15, -0.1) is 5.10 Å². The lowest BCUT2D eigenvalue weighted by molar-refractivity contribution is 0.306. The third kappa shape index (κ3) is 6.10. The van der Waals surface area contributed by atoms with Gasteiger partial charge in [-0.2, -0.15) is 0 Å². The first-order valence-corrected chi connectivity index (χ1v) is 10.6. The number of tetrazole rings is 1. The molecule has 0 aliphatic rings. The molecule has 0 fully saturated rings. The molecule has 1 aromatic heterocycles. The molecule has 0 aliphatic heterocycles. The maximum Gasteiger partial charge on any atom is 0.209 e. The summed E-state index contributed by atoms with van der Waals surface area (Å²) in [5.41, 5.74) is 2.00. The highest BCUT2D eigenvalue weighted by Crippen LogP contribution is 2.26. The number of aromatic nitrogens is 4. The Morgan fingerprint density at radius 2 is 1.86 bits per heavy atom. The largest absolute Gasteiger partial charge is 0.489 e. The average molecular weight is 438 g/mol. The maximum atomic E-state index is 6.17. The number of nitrogens with one attached hydrogen (secondary N) is 1. The third-order valence-electron chi connectivity index (χ3n) is 4.01. The van der Waals surface area contributed by atoms with Gasteiger partial charge in [-0.1, -0.05) is 53.2 Å². The standard InChI is InChI=1S/C19H21Cl2N5OS/c1-26-19(23-24-25-26)28-11-3-10-22-12-14-6-8-15(9-7-14)27-13-16-17(20)4-2-5-18(16)21/h2,4-9,22H,3,10-13H2,1H3. The summed E-state index contributed by atoms with van der Waals surface area (Å²) in [6.07, 6.45) is 1.04. The number of thioether (sulfide) groups is 1. The van der Waals surface area contributed by atoms with E-state index in [1.807, 2.05) is 37.4 Å². The molecule has 6 nitrogen and oxygen atoms in total. The van der Waals surface area contributed by atoms with E-state index in [-0.39, 0.29) is 0 Å². The molecule has 0 saturated carbocycles. The molecule has 0 spiro atoms. The van der Waals surface area contributed by atoms with E-state index < -0.39 is 0 Å². The highest BCUT2D eigenvalue weighted by Gasteiger charge is 2.06. The molecular formula is C19H21Cl2N5OS. The SMILES string of the molecule is Cn1nnnc1SCCCNCc1ccc(OCc2c(Cl)cccc2Cl)cc1. The zero-order chi connectivity index (χ0) is 19.8. The maximum absolute atomic E-state index is 6.17. The fourth-order valence-corrected chi connectivity index (χ4v) is 3.76. The predicted octanol–water partition coefficient (Wildman–Crippen LogP) is 4.37. The smallest absolute Gasteiger partial charge is 0.209 e. The molecule has 0 atom stereocenters. The van der Waals surface area contributed by atoms with Crippen LogP contribution in [-0.2, 0) is 20.2 Å². The number of nitrogens with zero attached hydrogens (tertiary/aromatic N) is 4. The lowest BCUT2D eigenvalue weighted by atomic mass is 10.2. The van der Waals surface area contributed by atoms with Crippen molar-refractivity contribution in [3.63, 3.8) is 0 Å². The molecule has 28 heavy (non-hydrogen) atoms. The predicted molar refractivity (Wildman–Crippen MR) is 113 cm³/mol. The van der Waals surface area contributed by atoms with Crippen molar-refractivity contribution in [3.8, 4) is 5.75 Å². The normalized spacial score (nSPS) is 11.0. The van der Waals surface area contributed by atoms with Crippen molar-refractivity contribution in [3.05, 3.63) is 63.6 Å². The topological polar surface area (TPSA) is 64.9 Å². The lowest BCUT2D eigenvalue weighted by Gasteiger charge is -2.10. The first kappa shape index (κ1) is 20.9. The van der Waals surface area contributed by atoms with Crippen LogP contribution in [0.15, 0.2) is 47.6 Å². The van der Waals surface area contributed by atoms with Crippen LogP contribution in [-0.4, -0.2) is 32.5 Å². The van der Waals surface area contributed by atoms with Crippen molar-refractivity contribution in [2.24, 2.45) is 7.05 Å². The molecule has 3 aromatic rings. The second kappa shape index (κ2) is 10.7. The second-order valence-electron chi connectivity index (χ2n) is 6.10. The number of aryl methyl sites for hydroxylation is 1. The monoisotopic (exact) mass is 437 g/mol. The van der Waals surface area contributed by atoms with Gasteiger partial charge in [0.25, 0.3) is 0 Å². The zero-order valence-corrected chi connectivity index (χ0v) is 17.8. The zero-order valence-electron chi connectivity index (χ0n) is 15.4. The van der Waals surface area contributed by atoms with Crippen LogP contribution >= 0.6 is 35.0 Å². The van der Waals surface area contributed by atoms with Gasteiger partial charge in [0, 0.05) is 35.0 Å². The number of hydrogen-bond acceptors (Lipinski definition) is 6. The fourth-order valence-electron chi connectivity index (χ4n) is 2.47. The highest BCUT2D eigenvalue weighted by molar-refractivity contribution is 7.99. The van der Waals surface area contributed by atoms with Crippen LogP contribution in [0.3, 0.4) is 0 Å².